The normalized spacial score (nSPS) is 20.4. The van der Waals surface area contributed by atoms with E-state index in [2.05, 4.69) is 4.90 Å². The van der Waals surface area contributed by atoms with Gasteiger partial charge in [-0.15, -0.1) is 0 Å². The van der Waals surface area contributed by atoms with Crippen molar-refractivity contribution >= 4 is 23.2 Å². The lowest BCUT2D eigenvalue weighted by Gasteiger charge is -2.12. The number of carbonyl (C=O) groups excluding carboxylic acids is 1. The van der Waals surface area contributed by atoms with Gasteiger partial charge in [0.05, 0.1) is 17.2 Å². The molecule has 0 aliphatic carbocycles. The Kier molecular flexibility index (Phi) is 2.54. The van der Waals surface area contributed by atoms with Crippen molar-refractivity contribution in [1.29, 1.82) is 0 Å². The molecule has 0 spiro atoms. The van der Waals surface area contributed by atoms with Gasteiger partial charge in [-0.05, 0) is 19.8 Å². The first kappa shape index (κ1) is 9.65. The molecule has 0 aromatic heterocycles. The van der Waals surface area contributed by atoms with Crippen molar-refractivity contribution in [2.24, 2.45) is 0 Å². The van der Waals surface area contributed by atoms with Crippen LogP contribution in [0.25, 0.3) is 0 Å². The monoisotopic (exact) mass is 211 g/mol. The Morgan fingerprint density at radius 3 is 3.00 bits per heavy atom. The number of hydrogen-bond donors (Lipinski definition) is 0. The smallest absolute Gasteiger partial charge is 0.335 e. The Morgan fingerprint density at radius 1 is 1.50 bits per heavy atom. The first-order chi connectivity index (χ1) is 6.74. The van der Waals surface area contributed by atoms with Crippen LogP contribution < -0.4 is 0 Å². The van der Waals surface area contributed by atoms with Gasteiger partial charge < -0.3 is 9.64 Å². The third kappa shape index (κ3) is 1.43. The molecule has 0 amide bonds. The highest BCUT2D eigenvalue weighted by atomic mass is 32.1. The predicted molar refractivity (Wildman–Crippen MR) is 56.8 cm³/mol. The van der Waals surface area contributed by atoms with Gasteiger partial charge in [0.15, 0.2) is 0 Å². The lowest BCUT2D eigenvalue weighted by atomic mass is 10.1. The van der Waals surface area contributed by atoms with E-state index in [1.165, 1.54) is 0 Å². The molecular formula is C10H13NO2S. The highest BCUT2D eigenvalue weighted by molar-refractivity contribution is 7.80. The summed E-state index contributed by atoms with van der Waals surface area (Å²) in [5.74, 6) is -0.158. The van der Waals surface area contributed by atoms with Crippen molar-refractivity contribution in [2.45, 2.75) is 26.2 Å². The molecule has 0 aromatic rings. The van der Waals surface area contributed by atoms with Crippen molar-refractivity contribution in [2.75, 3.05) is 13.2 Å². The van der Waals surface area contributed by atoms with Crippen LogP contribution >= 0.6 is 12.2 Å². The fourth-order valence-corrected chi connectivity index (χ4v) is 2.33. The Hall–Kier alpha value is -0.900. The third-order valence-corrected chi connectivity index (χ3v) is 3.08. The summed E-state index contributed by atoms with van der Waals surface area (Å²) in [5, 5.41) is 0. The number of fused-ring (bicyclic) bond motifs is 1. The summed E-state index contributed by atoms with van der Waals surface area (Å²) in [5.41, 5.74) is 1.94. The van der Waals surface area contributed by atoms with E-state index in [-0.39, 0.29) is 5.97 Å². The fourth-order valence-electron chi connectivity index (χ4n) is 2.03. The number of esters is 1. The van der Waals surface area contributed by atoms with Gasteiger partial charge in [-0.3, -0.25) is 0 Å². The van der Waals surface area contributed by atoms with E-state index in [0.29, 0.717) is 6.61 Å². The summed E-state index contributed by atoms with van der Waals surface area (Å²) in [4.78, 5) is 14.6. The fraction of sp³-hybridized carbons (Fsp3) is 0.600. The van der Waals surface area contributed by atoms with Crippen LogP contribution in [0, 0.1) is 0 Å². The van der Waals surface area contributed by atoms with Crippen LogP contribution in [0.4, 0.5) is 0 Å². The highest BCUT2D eigenvalue weighted by Crippen LogP contribution is 2.34. The molecule has 1 saturated heterocycles. The van der Waals surface area contributed by atoms with Gasteiger partial charge in [-0.25, -0.2) is 4.79 Å². The minimum atomic E-state index is -0.158. The van der Waals surface area contributed by atoms with E-state index in [0.717, 1.165) is 42.1 Å². The van der Waals surface area contributed by atoms with Crippen LogP contribution in [0.2, 0.25) is 0 Å². The molecule has 0 atom stereocenters. The number of nitrogens with zero attached hydrogens (tertiary/aromatic N) is 1. The largest absolute Gasteiger partial charge is 0.463 e. The first-order valence-corrected chi connectivity index (χ1v) is 5.34. The van der Waals surface area contributed by atoms with Crippen LogP contribution in [0.5, 0.6) is 0 Å². The van der Waals surface area contributed by atoms with Gasteiger partial charge in [0.25, 0.3) is 0 Å². The SMILES string of the molecule is CCOC(=O)C1=C2CCC(=S)N2CC1. The summed E-state index contributed by atoms with van der Waals surface area (Å²) in [6.07, 6.45) is 2.61. The maximum atomic E-state index is 11.5. The highest BCUT2D eigenvalue weighted by Gasteiger charge is 2.33. The maximum Gasteiger partial charge on any atom is 0.335 e. The van der Waals surface area contributed by atoms with Gasteiger partial charge in [-0.1, -0.05) is 12.2 Å². The van der Waals surface area contributed by atoms with E-state index < -0.39 is 0 Å². The molecule has 2 aliphatic heterocycles. The number of thiocarbonyl (C=S) groups is 1. The molecule has 0 unspecified atom stereocenters. The van der Waals surface area contributed by atoms with E-state index in [4.69, 9.17) is 17.0 Å². The van der Waals surface area contributed by atoms with E-state index in [1.54, 1.807) is 0 Å². The Balaban J connectivity index is 2.20. The van der Waals surface area contributed by atoms with Crippen LogP contribution in [0.1, 0.15) is 26.2 Å². The number of rotatable bonds is 2. The van der Waals surface area contributed by atoms with E-state index in [1.807, 2.05) is 6.92 Å². The van der Waals surface area contributed by atoms with E-state index >= 15 is 0 Å². The topological polar surface area (TPSA) is 29.5 Å². The number of allylic oxidation sites excluding steroid dienone is 1. The minimum absolute atomic E-state index is 0.158. The third-order valence-electron chi connectivity index (χ3n) is 2.66. The molecule has 0 saturated carbocycles. The van der Waals surface area contributed by atoms with Gasteiger partial charge >= 0.3 is 5.97 Å². The van der Waals surface area contributed by atoms with Crippen LogP contribution in [0.15, 0.2) is 11.3 Å². The molecule has 2 rings (SSSR count). The molecule has 14 heavy (non-hydrogen) atoms. The molecule has 0 radical (unpaired) electrons. The molecule has 1 fully saturated rings. The lowest BCUT2D eigenvalue weighted by molar-refractivity contribution is -0.138. The predicted octanol–water partition coefficient (Wildman–Crippen LogP) is 1.63. The summed E-state index contributed by atoms with van der Waals surface area (Å²) in [7, 11) is 0. The molecular weight excluding hydrogens is 198 g/mol. The van der Waals surface area contributed by atoms with Gasteiger partial charge in [0.2, 0.25) is 0 Å². The molecule has 0 N–H and O–H groups in total. The van der Waals surface area contributed by atoms with Crippen LogP contribution in [-0.2, 0) is 9.53 Å². The second-order valence-electron chi connectivity index (χ2n) is 3.44. The number of hydrogen-bond acceptors (Lipinski definition) is 3. The Bertz CT molecular complexity index is 322. The number of ether oxygens (including phenoxy) is 1. The second-order valence-corrected chi connectivity index (χ2v) is 3.91. The molecule has 2 aliphatic rings. The average molecular weight is 211 g/mol. The van der Waals surface area contributed by atoms with Crippen LogP contribution in [-0.4, -0.2) is 29.0 Å². The Morgan fingerprint density at radius 2 is 2.29 bits per heavy atom. The first-order valence-electron chi connectivity index (χ1n) is 4.93. The second kappa shape index (κ2) is 3.69. The zero-order valence-electron chi connectivity index (χ0n) is 8.21. The van der Waals surface area contributed by atoms with Gasteiger partial charge in [0.1, 0.15) is 0 Å². The van der Waals surface area contributed by atoms with Gasteiger partial charge in [0, 0.05) is 18.7 Å². The van der Waals surface area contributed by atoms with Gasteiger partial charge in [-0.2, -0.15) is 0 Å². The van der Waals surface area contributed by atoms with Crippen molar-refractivity contribution < 1.29 is 9.53 Å². The summed E-state index contributed by atoms with van der Waals surface area (Å²) in [6, 6.07) is 0. The molecule has 4 heteroatoms. The molecule has 0 bridgehead atoms. The molecule has 2 heterocycles. The van der Waals surface area contributed by atoms with Crippen LogP contribution in [0.3, 0.4) is 0 Å². The molecule has 3 nitrogen and oxygen atoms in total. The molecule has 76 valence electrons. The lowest BCUT2D eigenvalue weighted by Crippen LogP contribution is -2.18. The quantitative estimate of drug-likeness (QED) is 0.513. The minimum Gasteiger partial charge on any atom is -0.463 e. The zero-order valence-corrected chi connectivity index (χ0v) is 9.02. The Labute approximate surface area is 88.7 Å². The summed E-state index contributed by atoms with van der Waals surface area (Å²) < 4.78 is 5.00. The maximum absolute atomic E-state index is 11.5. The van der Waals surface area contributed by atoms with E-state index in [9.17, 15) is 4.79 Å². The summed E-state index contributed by atoms with van der Waals surface area (Å²) in [6.45, 7) is 3.14. The molecule has 0 aromatic carbocycles. The van der Waals surface area contributed by atoms with Crippen molar-refractivity contribution in [3.63, 3.8) is 0 Å². The van der Waals surface area contributed by atoms with Crippen molar-refractivity contribution in [3.8, 4) is 0 Å². The standard InChI is InChI=1S/C10H13NO2S/c1-2-13-10(12)7-5-6-11-8(7)3-4-9(11)14/h2-6H2,1H3. The van der Waals surface area contributed by atoms with Crippen molar-refractivity contribution in [3.05, 3.63) is 11.3 Å². The number of carbonyl (C=O) groups is 1. The zero-order chi connectivity index (χ0) is 10.1. The summed E-state index contributed by atoms with van der Waals surface area (Å²) >= 11 is 5.20. The average Bonchev–Trinajstić information content (AvgIpc) is 2.69. The van der Waals surface area contributed by atoms with Crippen molar-refractivity contribution in [1.82, 2.24) is 4.90 Å².